The summed E-state index contributed by atoms with van der Waals surface area (Å²) in [7, 11) is 0. The lowest BCUT2D eigenvalue weighted by atomic mass is 10.0. The van der Waals surface area contributed by atoms with Crippen molar-refractivity contribution in [3.05, 3.63) is 90.0 Å². The topological polar surface area (TPSA) is 78.5 Å². The molecule has 1 aliphatic rings. The first kappa shape index (κ1) is 19.4. The number of rotatable bonds is 4. The van der Waals surface area contributed by atoms with E-state index in [1.807, 2.05) is 25.1 Å². The van der Waals surface area contributed by atoms with Gasteiger partial charge in [0.05, 0.1) is 17.8 Å². The fraction of sp³-hybridized carbons (Fsp3) is 0.125. The molecular formula is C24H21N3O3. The molecule has 0 saturated carbocycles. The van der Waals surface area contributed by atoms with Crippen molar-refractivity contribution in [2.75, 3.05) is 15.5 Å². The predicted octanol–water partition coefficient (Wildman–Crippen LogP) is 3.99. The highest BCUT2D eigenvalue weighted by Gasteiger charge is 2.38. The molecular weight excluding hydrogens is 378 g/mol. The average molecular weight is 399 g/mol. The Morgan fingerprint density at radius 3 is 2.33 bits per heavy atom. The third-order valence-electron chi connectivity index (χ3n) is 4.99. The van der Waals surface area contributed by atoms with Crippen LogP contribution in [0.3, 0.4) is 0 Å². The Balaban J connectivity index is 1.64. The smallest absolute Gasteiger partial charge is 0.259 e. The number of fused-ring (bicyclic) bond motifs is 1. The SMILES string of the molecule is Cc1ccc(NC(=O)CC2C(=O)Nc3ccccc3N2C(=O)c2ccccc2)cc1. The highest BCUT2D eigenvalue weighted by Crippen LogP contribution is 2.34. The number of amides is 3. The summed E-state index contributed by atoms with van der Waals surface area (Å²) in [6.07, 6.45) is -0.160. The van der Waals surface area contributed by atoms with Crippen LogP contribution in [0.1, 0.15) is 22.3 Å². The summed E-state index contributed by atoms with van der Waals surface area (Å²) in [5.41, 5.74) is 3.28. The molecule has 6 nitrogen and oxygen atoms in total. The molecule has 1 heterocycles. The van der Waals surface area contributed by atoms with Crippen LogP contribution in [0, 0.1) is 6.92 Å². The summed E-state index contributed by atoms with van der Waals surface area (Å²) in [6, 6.07) is 22.3. The zero-order chi connectivity index (χ0) is 21.1. The highest BCUT2D eigenvalue weighted by molar-refractivity contribution is 6.17. The number of anilines is 3. The van der Waals surface area contributed by atoms with Crippen LogP contribution in [-0.4, -0.2) is 23.8 Å². The highest BCUT2D eigenvalue weighted by atomic mass is 16.2. The van der Waals surface area contributed by atoms with Gasteiger partial charge in [0.1, 0.15) is 6.04 Å². The molecule has 6 heteroatoms. The molecule has 0 spiro atoms. The lowest BCUT2D eigenvalue weighted by Crippen LogP contribution is -2.52. The number of aryl methyl sites for hydroxylation is 1. The lowest BCUT2D eigenvalue weighted by Gasteiger charge is -2.36. The van der Waals surface area contributed by atoms with Gasteiger partial charge in [0, 0.05) is 11.3 Å². The third kappa shape index (κ3) is 3.93. The zero-order valence-corrected chi connectivity index (χ0v) is 16.5. The van der Waals surface area contributed by atoms with Gasteiger partial charge in [-0.25, -0.2) is 0 Å². The Labute approximate surface area is 174 Å². The summed E-state index contributed by atoms with van der Waals surface area (Å²) in [5.74, 6) is -1.06. The molecule has 2 N–H and O–H groups in total. The van der Waals surface area contributed by atoms with Crippen LogP contribution in [0.4, 0.5) is 17.1 Å². The van der Waals surface area contributed by atoms with Crippen LogP contribution < -0.4 is 15.5 Å². The van der Waals surface area contributed by atoms with E-state index < -0.39 is 11.9 Å². The van der Waals surface area contributed by atoms with Crippen LogP contribution in [0.15, 0.2) is 78.9 Å². The van der Waals surface area contributed by atoms with E-state index >= 15 is 0 Å². The maximum atomic E-state index is 13.3. The molecule has 1 unspecified atom stereocenters. The van der Waals surface area contributed by atoms with Gasteiger partial charge in [-0.05, 0) is 43.3 Å². The van der Waals surface area contributed by atoms with E-state index in [0.717, 1.165) is 5.56 Å². The van der Waals surface area contributed by atoms with E-state index in [2.05, 4.69) is 10.6 Å². The molecule has 0 saturated heterocycles. The normalized spacial score (nSPS) is 15.2. The van der Waals surface area contributed by atoms with Gasteiger partial charge in [-0.15, -0.1) is 0 Å². The summed E-state index contributed by atoms with van der Waals surface area (Å²) >= 11 is 0. The number of benzene rings is 3. The Bertz CT molecular complexity index is 1090. The van der Waals surface area contributed by atoms with Crippen molar-refractivity contribution in [1.29, 1.82) is 0 Å². The Morgan fingerprint density at radius 1 is 0.933 bits per heavy atom. The van der Waals surface area contributed by atoms with Crippen molar-refractivity contribution in [2.24, 2.45) is 0 Å². The molecule has 0 bridgehead atoms. The van der Waals surface area contributed by atoms with E-state index in [0.29, 0.717) is 22.6 Å². The number of nitrogens with one attached hydrogen (secondary N) is 2. The van der Waals surface area contributed by atoms with Crippen LogP contribution in [0.2, 0.25) is 0 Å². The van der Waals surface area contributed by atoms with Gasteiger partial charge in [-0.1, -0.05) is 48.0 Å². The van der Waals surface area contributed by atoms with Crippen LogP contribution in [-0.2, 0) is 9.59 Å². The van der Waals surface area contributed by atoms with Crippen molar-refractivity contribution >= 4 is 34.8 Å². The van der Waals surface area contributed by atoms with Gasteiger partial charge < -0.3 is 10.6 Å². The first-order valence-electron chi connectivity index (χ1n) is 9.68. The van der Waals surface area contributed by atoms with Crippen LogP contribution in [0.25, 0.3) is 0 Å². The van der Waals surface area contributed by atoms with Crippen molar-refractivity contribution < 1.29 is 14.4 Å². The summed E-state index contributed by atoms with van der Waals surface area (Å²) in [5, 5.41) is 5.61. The summed E-state index contributed by atoms with van der Waals surface area (Å²) in [4.78, 5) is 40.3. The second-order valence-electron chi connectivity index (χ2n) is 7.18. The second kappa shape index (κ2) is 8.21. The number of hydrogen-bond acceptors (Lipinski definition) is 3. The zero-order valence-electron chi connectivity index (χ0n) is 16.5. The minimum absolute atomic E-state index is 0.160. The van der Waals surface area contributed by atoms with E-state index in [1.54, 1.807) is 60.7 Å². The van der Waals surface area contributed by atoms with Gasteiger partial charge in [0.2, 0.25) is 11.8 Å². The number of hydrogen-bond donors (Lipinski definition) is 2. The first-order valence-corrected chi connectivity index (χ1v) is 9.68. The fourth-order valence-corrected chi connectivity index (χ4v) is 3.47. The van der Waals surface area contributed by atoms with Crippen molar-refractivity contribution in [1.82, 2.24) is 0 Å². The molecule has 3 aromatic rings. The van der Waals surface area contributed by atoms with E-state index in [1.165, 1.54) is 4.90 Å². The molecule has 1 aliphatic heterocycles. The van der Waals surface area contributed by atoms with Gasteiger partial charge in [-0.2, -0.15) is 0 Å². The summed E-state index contributed by atoms with van der Waals surface area (Å²) in [6.45, 7) is 1.96. The van der Waals surface area contributed by atoms with Gasteiger partial charge in [-0.3, -0.25) is 19.3 Å². The predicted molar refractivity (Wildman–Crippen MR) is 117 cm³/mol. The first-order chi connectivity index (χ1) is 14.5. The Morgan fingerprint density at radius 2 is 1.60 bits per heavy atom. The third-order valence-corrected chi connectivity index (χ3v) is 4.99. The molecule has 1 atom stereocenters. The molecule has 3 amide bonds. The molecule has 3 aromatic carbocycles. The van der Waals surface area contributed by atoms with E-state index in [-0.39, 0.29) is 18.2 Å². The lowest BCUT2D eigenvalue weighted by molar-refractivity contribution is -0.122. The second-order valence-corrected chi connectivity index (χ2v) is 7.18. The van der Waals surface area contributed by atoms with Crippen LogP contribution >= 0.6 is 0 Å². The van der Waals surface area contributed by atoms with Gasteiger partial charge in [0.25, 0.3) is 5.91 Å². The Hall–Kier alpha value is -3.93. The number of para-hydroxylation sites is 2. The van der Waals surface area contributed by atoms with Crippen molar-refractivity contribution in [3.8, 4) is 0 Å². The fourth-order valence-electron chi connectivity index (χ4n) is 3.47. The molecule has 30 heavy (non-hydrogen) atoms. The minimum Gasteiger partial charge on any atom is -0.326 e. The van der Waals surface area contributed by atoms with E-state index in [9.17, 15) is 14.4 Å². The molecule has 150 valence electrons. The van der Waals surface area contributed by atoms with Crippen molar-refractivity contribution in [3.63, 3.8) is 0 Å². The quantitative estimate of drug-likeness (QED) is 0.696. The molecule has 0 aliphatic carbocycles. The maximum Gasteiger partial charge on any atom is 0.259 e. The largest absolute Gasteiger partial charge is 0.326 e. The minimum atomic E-state index is -0.960. The number of nitrogens with zero attached hydrogens (tertiary/aromatic N) is 1. The molecule has 0 fully saturated rings. The molecule has 4 rings (SSSR count). The number of carbonyl (C=O) groups is 3. The molecule has 0 radical (unpaired) electrons. The maximum absolute atomic E-state index is 13.3. The Kier molecular flexibility index (Phi) is 5.30. The van der Waals surface area contributed by atoms with Crippen molar-refractivity contribution in [2.45, 2.75) is 19.4 Å². The average Bonchev–Trinajstić information content (AvgIpc) is 2.76. The van der Waals surface area contributed by atoms with E-state index in [4.69, 9.17) is 0 Å². The summed E-state index contributed by atoms with van der Waals surface area (Å²) < 4.78 is 0. The monoisotopic (exact) mass is 399 g/mol. The van der Waals surface area contributed by atoms with Gasteiger partial charge in [0.15, 0.2) is 0 Å². The van der Waals surface area contributed by atoms with Gasteiger partial charge >= 0.3 is 0 Å². The molecule has 0 aromatic heterocycles. The standard InChI is InChI=1S/C24H21N3O3/c1-16-11-13-18(14-12-16)25-22(28)15-21-23(29)26-19-9-5-6-10-20(19)27(21)24(30)17-7-3-2-4-8-17/h2-14,21H,15H2,1H3,(H,25,28)(H,26,29). The number of carbonyl (C=O) groups excluding carboxylic acids is 3. The van der Waals surface area contributed by atoms with Crippen LogP contribution in [0.5, 0.6) is 0 Å².